The summed E-state index contributed by atoms with van der Waals surface area (Å²) in [5.74, 6) is 0.498. The van der Waals surface area contributed by atoms with Crippen molar-refractivity contribution in [2.24, 2.45) is 0 Å². The van der Waals surface area contributed by atoms with Crippen LogP contribution >= 0.6 is 0 Å². The van der Waals surface area contributed by atoms with Crippen LogP contribution in [0.4, 0.5) is 0 Å². The van der Waals surface area contributed by atoms with Crippen LogP contribution in [0.2, 0.25) is 0 Å². The Kier molecular flexibility index (Phi) is 2.36. The summed E-state index contributed by atoms with van der Waals surface area (Å²) >= 11 is 0. The first kappa shape index (κ1) is 10.3. The average molecular weight is 225 g/mol. The largest absolute Gasteiger partial charge is 0.338 e. The van der Waals surface area contributed by atoms with Gasteiger partial charge in [-0.2, -0.15) is 0 Å². The van der Waals surface area contributed by atoms with E-state index in [9.17, 15) is 4.79 Å². The third-order valence-electron chi connectivity index (χ3n) is 3.70. The van der Waals surface area contributed by atoms with Crippen LogP contribution in [0.1, 0.15) is 17.0 Å². The molecule has 1 aliphatic heterocycles. The lowest BCUT2D eigenvalue weighted by molar-refractivity contribution is -0.130. The van der Waals surface area contributed by atoms with Gasteiger partial charge in [0.15, 0.2) is 0 Å². The lowest BCUT2D eigenvalue weighted by Gasteiger charge is -2.30. The van der Waals surface area contributed by atoms with E-state index in [1.54, 1.807) is 0 Å². The maximum atomic E-state index is 12.1. The first-order valence-corrected chi connectivity index (χ1v) is 5.96. The van der Waals surface area contributed by atoms with E-state index >= 15 is 0 Å². The van der Waals surface area contributed by atoms with Crippen LogP contribution < -0.4 is 0 Å². The van der Waals surface area contributed by atoms with Crippen molar-refractivity contribution in [2.45, 2.75) is 18.4 Å². The molecular formula is C15H15NO. The molecular weight excluding hydrogens is 210 g/mol. The van der Waals surface area contributed by atoms with E-state index in [1.807, 2.05) is 24.1 Å². The Hall–Kier alpha value is -1.83. The van der Waals surface area contributed by atoms with Gasteiger partial charge in [0.2, 0.25) is 5.91 Å². The Bertz CT molecular complexity index is 515. The van der Waals surface area contributed by atoms with E-state index in [2.05, 4.69) is 36.4 Å². The number of likely N-dealkylation sites (N-methyl/N-ethyl adjacent to an activating group) is 1. The van der Waals surface area contributed by atoms with Crippen LogP contribution in [-0.2, 0) is 11.2 Å². The molecule has 0 N–H and O–H groups in total. The number of allylic oxidation sites excluding steroid dienone is 2. The number of carbonyl (C=O) groups excluding carboxylic acids is 1. The van der Waals surface area contributed by atoms with E-state index in [4.69, 9.17) is 0 Å². The fraction of sp³-hybridized carbons (Fsp3) is 0.267. The molecule has 1 heterocycles. The molecule has 2 aliphatic rings. The summed E-state index contributed by atoms with van der Waals surface area (Å²) < 4.78 is 0. The Morgan fingerprint density at radius 3 is 2.82 bits per heavy atom. The highest BCUT2D eigenvalue weighted by Gasteiger charge is 2.32. The number of hydrogen-bond acceptors (Lipinski definition) is 1. The zero-order chi connectivity index (χ0) is 11.8. The molecule has 0 saturated carbocycles. The molecule has 3 rings (SSSR count). The molecule has 0 saturated heterocycles. The van der Waals surface area contributed by atoms with Gasteiger partial charge in [-0.25, -0.2) is 0 Å². The molecule has 0 bridgehead atoms. The number of hydrogen-bond donors (Lipinski definition) is 0. The van der Waals surface area contributed by atoms with Gasteiger partial charge in [-0.15, -0.1) is 0 Å². The highest BCUT2D eigenvalue weighted by Crippen LogP contribution is 2.33. The zero-order valence-corrected chi connectivity index (χ0v) is 9.84. The first-order valence-electron chi connectivity index (χ1n) is 5.96. The lowest BCUT2D eigenvalue weighted by Crippen LogP contribution is -2.38. The smallest absolute Gasteiger partial charge is 0.227 e. The van der Waals surface area contributed by atoms with Gasteiger partial charge < -0.3 is 4.90 Å². The number of benzene rings is 1. The monoisotopic (exact) mass is 225 g/mol. The third-order valence-corrected chi connectivity index (χ3v) is 3.70. The van der Waals surface area contributed by atoms with Crippen molar-refractivity contribution in [3.05, 3.63) is 59.7 Å². The minimum atomic E-state index is 0.163. The molecule has 1 aromatic carbocycles. The van der Waals surface area contributed by atoms with Crippen LogP contribution in [-0.4, -0.2) is 23.9 Å². The number of fused-ring (bicyclic) bond motifs is 3. The van der Waals surface area contributed by atoms with Crippen molar-refractivity contribution in [2.75, 3.05) is 7.05 Å². The number of carbonyl (C=O) groups is 1. The summed E-state index contributed by atoms with van der Waals surface area (Å²) in [4.78, 5) is 14.0. The quantitative estimate of drug-likeness (QED) is 0.663. The summed E-state index contributed by atoms with van der Waals surface area (Å²) in [6.45, 7) is 0. The van der Waals surface area contributed by atoms with Gasteiger partial charge in [-0.3, -0.25) is 4.79 Å². The molecule has 0 spiro atoms. The minimum Gasteiger partial charge on any atom is -0.338 e. The van der Waals surface area contributed by atoms with Crippen molar-refractivity contribution in [3.63, 3.8) is 0 Å². The number of rotatable bonds is 0. The highest BCUT2D eigenvalue weighted by atomic mass is 16.2. The summed E-state index contributed by atoms with van der Waals surface area (Å²) in [6, 6.07) is 8.43. The minimum absolute atomic E-state index is 0.163. The maximum absolute atomic E-state index is 12.1. The van der Waals surface area contributed by atoms with Gasteiger partial charge in [0.1, 0.15) is 0 Å². The number of amides is 1. The Balaban J connectivity index is 2.15. The van der Waals surface area contributed by atoms with Crippen LogP contribution in [0.5, 0.6) is 0 Å². The molecule has 1 amide bonds. The molecule has 0 radical (unpaired) electrons. The van der Waals surface area contributed by atoms with Gasteiger partial charge in [-0.1, -0.05) is 48.6 Å². The van der Waals surface area contributed by atoms with Gasteiger partial charge in [-0.05, 0) is 11.1 Å². The second-order valence-electron chi connectivity index (χ2n) is 4.67. The normalized spacial score (nSPS) is 26.4. The Morgan fingerprint density at radius 2 is 1.94 bits per heavy atom. The highest BCUT2D eigenvalue weighted by molar-refractivity contribution is 5.81. The molecule has 2 heteroatoms. The Morgan fingerprint density at radius 1 is 1.18 bits per heavy atom. The fourth-order valence-electron chi connectivity index (χ4n) is 2.73. The van der Waals surface area contributed by atoms with Crippen molar-refractivity contribution in [1.82, 2.24) is 4.90 Å². The fourth-order valence-corrected chi connectivity index (χ4v) is 2.73. The zero-order valence-electron chi connectivity index (χ0n) is 9.84. The average Bonchev–Trinajstić information content (AvgIpc) is 2.48. The summed E-state index contributed by atoms with van der Waals surface area (Å²) in [6.07, 6.45) is 8.92. The second kappa shape index (κ2) is 3.88. The predicted molar refractivity (Wildman–Crippen MR) is 67.7 cm³/mol. The molecule has 0 fully saturated rings. The Labute approximate surface area is 101 Å². The topological polar surface area (TPSA) is 20.3 Å². The van der Waals surface area contributed by atoms with E-state index in [0.717, 1.165) is 5.56 Å². The van der Waals surface area contributed by atoms with E-state index in [1.165, 1.54) is 5.56 Å². The van der Waals surface area contributed by atoms with Gasteiger partial charge in [0.25, 0.3) is 0 Å². The van der Waals surface area contributed by atoms with Crippen LogP contribution in [0, 0.1) is 0 Å². The van der Waals surface area contributed by atoms with Gasteiger partial charge >= 0.3 is 0 Å². The van der Waals surface area contributed by atoms with E-state index in [-0.39, 0.29) is 11.9 Å². The molecule has 1 aromatic rings. The standard InChI is InChI=1S/C15H15NO/c1-16-14-9-5-4-8-13(14)12-7-3-2-6-11(12)10-15(16)17/h2-9,13-14H,10H2,1H3. The summed E-state index contributed by atoms with van der Waals surface area (Å²) in [5, 5.41) is 0. The van der Waals surface area contributed by atoms with E-state index < -0.39 is 0 Å². The lowest BCUT2D eigenvalue weighted by atomic mass is 9.86. The first-order chi connectivity index (χ1) is 8.27. The van der Waals surface area contributed by atoms with E-state index in [0.29, 0.717) is 12.3 Å². The van der Waals surface area contributed by atoms with Gasteiger partial charge in [0, 0.05) is 13.0 Å². The molecule has 17 heavy (non-hydrogen) atoms. The van der Waals surface area contributed by atoms with Crippen LogP contribution in [0.25, 0.3) is 0 Å². The summed E-state index contributed by atoms with van der Waals surface area (Å²) in [7, 11) is 1.90. The van der Waals surface area contributed by atoms with Crippen molar-refractivity contribution in [1.29, 1.82) is 0 Å². The molecule has 2 atom stereocenters. The SMILES string of the molecule is CN1C(=O)Cc2ccccc2C2C=CC=CC21. The van der Waals surface area contributed by atoms with Crippen molar-refractivity contribution < 1.29 is 4.79 Å². The van der Waals surface area contributed by atoms with Crippen molar-refractivity contribution >= 4 is 5.91 Å². The van der Waals surface area contributed by atoms with Crippen LogP contribution in [0.15, 0.2) is 48.6 Å². The molecule has 2 nitrogen and oxygen atoms in total. The molecule has 1 aliphatic carbocycles. The van der Waals surface area contributed by atoms with Crippen molar-refractivity contribution in [3.8, 4) is 0 Å². The predicted octanol–water partition coefficient (Wildman–Crippen LogP) is 2.28. The molecule has 86 valence electrons. The third kappa shape index (κ3) is 1.60. The van der Waals surface area contributed by atoms with Crippen LogP contribution in [0.3, 0.4) is 0 Å². The molecule has 2 unspecified atom stereocenters. The van der Waals surface area contributed by atoms with Gasteiger partial charge in [0.05, 0.1) is 12.5 Å². The summed E-state index contributed by atoms with van der Waals surface area (Å²) in [5.41, 5.74) is 2.45. The second-order valence-corrected chi connectivity index (χ2v) is 4.67. The number of nitrogens with zero attached hydrogens (tertiary/aromatic N) is 1. The maximum Gasteiger partial charge on any atom is 0.227 e. The molecule has 0 aromatic heterocycles.